The molecule has 8 heteroatoms. The topological polar surface area (TPSA) is 41.5 Å². The van der Waals surface area contributed by atoms with E-state index < -0.39 is 0 Å². The summed E-state index contributed by atoms with van der Waals surface area (Å²) in [6.07, 6.45) is 0. The molecule has 130 valence electrons. The van der Waals surface area contributed by atoms with E-state index in [1.54, 1.807) is 19.2 Å². The monoisotopic (exact) mass is 414 g/mol. The Morgan fingerprint density at radius 1 is 1.38 bits per heavy atom. The Balaban J connectivity index is 1.71. The molecule has 5 nitrogen and oxygen atoms in total. The highest BCUT2D eigenvalue weighted by Crippen LogP contribution is 2.32. The van der Waals surface area contributed by atoms with Gasteiger partial charge in [-0.15, -0.1) is 10.2 Å². The Kier molecular flexibility index (Phi) is 5.80. The Morgan fingerprint density at radius 2 is 2.21 bits per heavy atom. The van der Waals surface area contributed by atoms with Crippen molar-refractivity contribution < 1.29 is 9.13 Å². The van der Waals surface area contributed by atoms with Crippen LogP contribution >= 0.6 is 27.3 Å². The average Bonchev–Trinajstić information content (AvgIpc) is 3.05. The van der Waals surface area contributed by atoms with Crippen molar-refractivity contribution in [3.05, 3.63) is 28.5 Å². The molecular weight excluding hydrogens is 395 g/mol. The highest BCUT2D eigenvalue weighted by atomic mass is 79.9. The maximum Gasteiger partial charge on any atom is 0.208 e. The van der Waals surface area contributed by atoms with E-state index in [0.717, 1.165) is 42.4 Å². The van der Waals surface area contributed by atoms with Gasteiger partial charge in [-0.05, 0) is 25.1 Å². The van der Waals surface area contributed by atoms with Crippen LogP contribution in [-0.2, 0) is 4.74 Å². The van der Waals surface area contributed by atoms with Gasteiger partial charge in [-0.3, -0.25) is 4.90 Å². The Morgan fingerprint density at radius 3 is 2.96 bits per heavy atom. The summed E-state index contributed by atoms with van der Waals surface area (Å²) in [5, 5.41) is 9.93. The maximum atomic E-state index is 14.0. The minimum Gasteiger partial charge on any atom is -0.383 e. The molecule has 0 bridgehead atoms. The first-order chi connectivity index (χ1) is 11.6. The second-order valence-corrected chi connectivity index (χ2v) is 7.71. The van der Waals surface area contributed by atoms with Crippen LogP contribution < -0.4 is 4.90 Å². The van der Waals surface area contributed by atoms with Crippen molar-refractivity contribution in [1.82, 2.24) is 15.1 Å². The second-order valence-electron chi connectivity index (χ2n) is 5.84. The van der Waals surface area contributed by atoms with Crippen LogP contribution in [0.3, 0.4) is 0 Å². The van der Waals surface area contributed by atoms with Crippen molar-refractivity contribution in [1.29, 1.82) is 0 Å². The van der Waals surface area contributed by atoms with Gasteiger partial charge in [-0.2, -0.15) is 0 Å². The molecule has 0 saturated carbocycles. The third-order valence-corrected chi connectivity index (χ3v) is 5.70. The molecule has 0 amide bonds. The number of halogens is 2. The number of benzene rings is 1. The number of nitrogens with zero attached hydrogens (tertiary/aromatic N) is 4. The first kappa shape index (κ1) is 17.7. The molecule has 0 radical (unpaired) electrons. The van der Waals surface area contributed by atoms with E-state index in [1.807, 2.05) is 0 Å². The smallest absolute Gasteiger partial charge is 0.208 e. The quantitative estimate of drug-likeness (QED) is 0.750. The van der Waals surface area contributed by atoms with Gasteiger partial charge in [0.05, 0.1) is 6.61 Å². The van der Waals surface area contributed by atoms with Crippen molar-refractivity contribution in [3.63, 3.8) is 0 Å². The maximum absolute atomic E-state index is 14.0. The van der Waals surface area contributed by atoms with Crippen LogP contribution in [0.2, 0.25) is 0 Å². The summed E-state index contributed by atoms with van der Waals surface area (Å²) in [7, 11) is 1.73. The second kappa shape index (κ2) is 7.86. The minimum atomic E-state index is -0.279. The van der Waals surface area contributed by atoms with E-state index in [1.165, 1.54) is 17.4 Å². The van der Waals surface area contributed by atoms with E-state index >= 15 is 0 Å². The van der Waals surface area contributed by atoms with Gasteiger partial charge in [0, 0.05) is 49.4 Å². The molecule has 1 atom stereocenters. The third kappa shape index (κ3) is 3.93. The highest BCUT2D eigenvalue weighted by Gasteiger charge is 2.26. The Hall–Kier alpha value is -1.09. The molecule has 1 aliphatic rings. The van der Waals surface area contributed by atoms with Crippen LogP contribution in [0.5, 0.6) is 0 Å². The number of hydrogen-bond acceptors (Lipinski definition) is 6. The molecular formula is C16H20BrFN4OS. The first-order valence-corrected chi connectivity index (χ1v) is 9.46. The summed E-state index contributed by atoms with van der Waals surface area (Å²) in [4.78, 5) is 4.64. The number of hydrogen-bond donors (Lipinski definition) is 0. The molecule has 0 aliphatic carbocycles. The molecule has 0 spiro atoms. The van der Waals surface area contributed by atoms with Crippen LogP contribution in [0.1, 0.15) is 6.92 Å². The fourth-order valence-corrected chi connectivity index (χ4v) is 4.08. The molecule has 1 fully saturated rings. The van der Waals surface area contributed by atoms with Gasteiger partial charge in [0.25, 0.3) is 0 Å². The van der Waals surface area contributed by atoms with Crippen molar-refractivity contribution in [2.24, 2.45) is 0 Å². The number of piperazine rings is 1. The number of aromatic nitrogens is 2. The summed E-state index contributed by atoms with van der Waals surface area (Å²) in [5.74, 6) is -0.279. The largest absolute Gasteiger partial charge is 0.383 e. The van der Waals surface area contributed by atoms with Gasteiger partial charge in [0.2, 0.25) is 5.13 Å². The zero-order chi connectivity index (χ0) is 17.1. The average molecular weight is 415 g/mol. The standard InChI is InChI=1S/C16H20BrFN4OS/c1-11-10-22(6-5-21(11)7-8-23-2)16-20-19-15(24-16)13-9-12(17)3-4-14(13)18/h3-4,9,11H,5-8,10H2,1-2H3. The minimum absolute atomic E-state index is 0.279. The lowest BCUT2D eigenvalue weighted by Gasteiger charge is -2.39. The lowest BCUT2D eigenvalue weighted by atomic mass is 10.2. The summed E-state index contributed by atoms with van der Waals surface area (Å²) < 4.78 is 20.0. The molecule has 3 rings (SSSR count). The molecule has 1 saturated heterocycles. The molecule has 1 aromatic heterocycles. The lowest BCUT2D eigenvalue weighted by Crippen LogP contribution is -2.52. The Labute approximate surface area is 153 Å². The molecule has 24 heavy (non-hydrogen) atoms. The van der Waals surface area contributed by atoms with Crippen LogP contribution in [-0.4, -0.2) is 61.0 Å². The van der Waals surface area contributed by atoms with Crippen LogP contribution in [0.15, 0.2) is 22.7 Å². The van der Waals surface area contributed by atoms with Gasteiger partial charge in [0.15, 0.2) is 5.01 Å². The van der Waals surface area contributed by atoms with Crippen molar-refractivity contribution in [3.8, 4) is 10.6 Å². The fraction of sp³-hybridized carbons (Fsp3) is 0.500. The fourth-order valence-electron chi connectivity index (χ4n) is 2.82. The van der Waals surface area contributed by atoms with Crippen LogP contribution in [0.4, 0.5) is 9.52 Å². The number of anilines is 1. The number of rotatable bonds is 5. The number of ether oxygens (including phenoxy) is 1. The zero-order valence-corrected chi connectivity index (χ0v) is 16.1. The lowest BCUT2D eigenvalue weighted by molar-refractivity contribution is 0.117. The van der Waals surface area contributed by atoms with Crippen molar-refractivity contribution in [2.45, 2.75) is 13.0 Å². The van der Waals surface area contributed by atoms with Crippen LogP contribution in [0, 0.1) is 5.82 Å². The predicted molar refractivity (Wildman–Crippen MR) is 98.1 cm³/mol. The van der Waals surface area contributed by atoms with Crippen molar-refractivity contribution in [2.75, 3.05) is 44.8 Å². The normalized spacial score (nSPS) is 19.0. The van der Waals surface area contributed by atoms with Crippen LogP contribution in [0.25, 0.3) is 10.6 Å². The molecule has 1 aromatic carbocycles. The summed E-state index contributed by atoms with van der Waals surface area (Å²) in [5.41, 5.74) is 0.486. The molecule has 2 heterocycles. The highest BCUT2D eigenvalue weighted by molar-refractivity contribution is 9.10. The van der Waals surface area contributed by atoms with E-state index in [2.05, 4.69) is 42.9 Å². The van der Waals surface area contributed by atoms with Gasteiger partial charge < -0.3 is 9.64 Å². The SMILES string of the molecule is COCCN1CCN(c2nnc(-c3cc(Br)ccc3F)s2)CC1C. The van der Waals surface area contributed by atoms with Gasteiger partial charge >= 0.3 is 0 Å². The molecule has 2 aromatic rings. The van der Waals surface area contributed by atoms with Crippen molar-refractivity contribution >= 4 is 32.4 Å². The Bertz CT molecular complexity index is 698. The molecule has 0 N–H and O–H groups in total. The van der Waals surface area contributed by atoms with Gasteiger partial charge in [-0.1, -0.05) is 27.3 Å². The van der Waals surface area contributed by atoms with Gasteiger partial charge in [0.1, 0.15) is 5.82 Å². The number of methoxy groups -OCH3 is 1. The molecule has 1 aliphatic heterocycles. The van der Waals surface area contributed by atoms with E-state index in [4.69, 9.17) is 4.74 Å². The summed E-state index contributed by atoms with van der Waals surface area (Å²) in [6, 6.07) is 5.29. The van der Waals surface area contributed by atoms with E-state index in [9.17, 15) is 4.39 Å². The third-order valence-electron chi connectivity index (χ3n) is 4.19. The van der Waals surface area contributed by atoms with Gasteiger partial charge in [-0.25, -0.2) is 4.39 Å². The summed E-state index contributed by atoms with van der Waals surface area (Å²) in [6.45, 7) is 6.64. The predicted octanol–water partition coefficient (Wildman–Crippen LogP) is 3.26. The van der Waals surface area contributed by atoms with E-state index in [-0.39, 0.29) is 5.82 Å². The first-order valence-electron chi connectivity index (χ1n) is 7.85. The molecule has 1 unspecified atom stereocenters. The zero-order valence-electron chi connectivity index (χ0n) is 13.7. The van der Waals surface area contributed by atoms with E-state index in [0.29, 0.717) is 16.6 Å². The summed E-state index contributed by atoms with van der Waals surface area (Å²) >= 11 is 4.81.